The summed E-state index contributed by atoms with van der Waals surface area (Å²) in [5.74, 6) is 0.631. The van der Waals surface area contributed by atoms with Crippen molar-refractivity contribution in [3.05, 3.63) is 15.6 Å². The number of hydrogen-bond acceptors (Lipinski definition) is 4. The second-order valence-electron chi connectivity index (χ2n) is 5.73. The van der Waals surface area contributed by atoms with Crippen LogP contribution in [-0.2, 0) is 19.4 Å². The summed E-state index contributed by atoms with van der Waals surface area (Å²) in [6.45, 7) is 1.59. The summed E-state index contributed by atoms with van der Waals surface area (Å²) in [5.41, 5.74) is 1.07. The van der Waals surface area contributed by atoms with Gasteiger partial charge in [-0.05, 0) is 31.6 Å². The van der Waals surface area contributed by atoms with Gasteiger partial charge in [-0.2, -0.15) is 13.2 Å². The molecule has 0 aliphatic heterocycles. The minimum absolute atomic E-state index is 0.0970. The van der Waals surface area contributed by atoms with Crippen molar-refractivity contribution in [1.82, 2.24) is 9.88 Å². The van der Waals surface area contributed by atoms with Gasteiger partial charge in [0, 0.05) is 18.0 Å². The summed E-state index contributed by atoms with van der Waals surface area (Å²) in [6, 6.07) is 0. The minimum Gasteiger partial charge on any atom is -0.396 e. The van der Waals surface area contributed by atoms with E-state index < -0.39 is 12.7 Å². The molecule has 0 bridgehead atoms. The van der Waals surface area contributed by atoms with Crippen LogP contribution in [0, 0.1) is 5.92 Å². The zero-order chi connectivity index (χ0) is 15.5. The molecule has 1 heterocycles. The van der Waals surface area contributed by atoms with Gasteiger partial charge in [0.05, 0.1) is 18.8 Å². The van der Waals surface area contributed by atoms with E-state index in [9.17, 15) is 13.2 Å². The van der Waals surface area contributed by atoms with Crippen molar-refractivity contribution in [2.45, 2.75) is 45.3 Å². The molecule has 1 aromatic heterocycles. The van der Waals surface area contributed by atoms with E-state index in [1.54, 1.807) is 11.3 Å². The zero-order valence-electron chi connectivity index (χ0n) is 12.1. The number of thiazole rings is 1. The SMILES string of the molecule is CC1CCc2nc(CN(CCCO)CC(F)(F)F)sc2C1. The highest BCUT2D eigenvalue weighted by Crippen LogP contribution is 2.30. The van der Waals surface area contributed by atoms with Gasteiger partial charge in [-0.1, -0.05) is 6.92 Å². The van der Waals surface area contributed by atoms with Crippen molar-refractivity contribution in [3.63, 3.8) is 0 Å². The highest BCUT2D eigenvalue weighted by atomic mass is 32.1. The zero-order valence-corrected chi connectivity index (χ0v) is 12.9. The van der Waals surface area contributed by atoms with Gasteiger partial charge in [0.2, 0.25) is 0 Å². The van der Waals surface area contributed by atoms with Gasteiger partial charge in [-0.25, -0.2) is 4.98 Å². The third-order valence-corrected chi connectivity index (χ3v) is 4.73. The molecule has 1 aliphatic rings. The number of aromatic nitrogens is 1. The Kier molecular flexibility index (Phi) is 5.62. The molecule has 0 radical (unpaired) electrons. The first-order valence-corrected chi connectivity index (χ1v) is 8.06. The molecule has 2 rings (SSSR count). The summed E-state index contributed by atoms with van der Waals surface area (Å²) in [6.07, 6.45) is -0.849. The molecule has 21 heavy (non-hydrogen) atoms. The summed E-state index contributed by atoms with van der Waals surface area (Å²) in [7, 11) is 0. The lowest BCUT2D eigenvalue weighted by Crippen LogP contribution is -2.34. The van der Waals surface area contributed by atoms with E-state index in [1.807, 2.05) is 0 Å². The van der Waals surface area contributed by atoms with Gasteiger partial charge in [0.15, 0.2) is 0 Å². The second kappa shape index (κ2) is 7.07. The Morgan fingerprint density at radius 1 is 1.43 bits per heavy atom. The molecule has 3 nitrogen and oxygen atoms in total. The second-order valence-corrected chi connectivity index (χ2v) is 6.90. The highest BCUT2D eigenvalue weighted by molar-refractivity contribution is 7.11. The smallest absolute Gasteiger partial charge is 0.396 e. The molecule has 1 aromatic rings. The monoisotopic (exact) mass is 322 g/mol. The van der Waals surface area contributed by atoms with E-state index >= 15 is 0 Å². The molecule has 0 spiro atoms. The van der Waals surface area contributed by atoms with Crippen molar-refractivity contribution in [2.24, 2.45) is 5.92 Å². The van der Waals surface area contributed by atoms with E-state index in [0.29, 0.717) is 12.3 Å². The summed E-state index contributed by atoms with van der Waals surface area (Å²) in [5, 5.41) is 9.58. The highest BCUT2D eigenvalue weighted by Gasteiger charge is 2.31. The van der Waals surface area contributed by atoms with Gasteiger partial charge >= 0.3 is 6.18 Å². The van der Waals surface area contributed by atoms with Crippen molar-refractivity contribution >= 4 is 11.3 Å². The predicted molar refractivity (Wildman–Crippen MR) is 76.3 cm³/mol. The van der Waals surface area contributed by atoms with Gasteiger partial charge in [-0.3, -0.25) is 4.90 Å². The Hall–Kier alpha value is -0.660. The molecule has 0 saturated carbocycles. The molecule has 1 unspecified atom stereocenters. The third kappa shape index (κ3) is 5.23. The van der Waals surface area contributed by atoms with E-state index in [2.05, 4.69) is 11.9 Å². The number of rotatable bonds is 6. The van der Waals surface area contributed by atoms with Gasteiger partial charge in [0.1, 0.15) is 5.01 Å². The van der Waals surface area contributed by atoms with Crippen LogP contribution in [-0.4, -0.2) is 40.9 Å². The van der Waals surface area contributed by atoms with Crippen LogP contribution in [0.3, 0.4) is 0 Å². The van der Waals surface area contributed by atoms with Crippen LogP contribution in [0.15, 0.2) is 0 Å². The maximum absolute atomic E-state index is 12.6. The van der Waals surface area contributed by atoms with Crippen LogP contribution in [0.4, 0.5) is 13.2 Å². The number of aliphatic hydroxyl groups excluding tert-OH is 1. The van der Waals surface area contributed by atoms with Crippen LogP contribution >= 0.6 is 11.3 Å². The number of aryl methyl sites for hydroxylation is 1. The fourth-order valence-electron chi connectivity index (χ4n) is 2.61. The van der Waals surface area contributed by atoms with Crippen LogP contribution < -0.4 is 0 Å². The third-order valence-electron chi connectivity index (χ3n) is 3.62. The molecule has 120 valence electrons. The fourth-order valence-corrected chi connectivity index (χ4v) is 3.93. The number of alkyl halides is 3. The first kappa shape index (κ1) is 16.7. The molecule has 0 saturated heterocycles. The van der Waals surface area contributed by atoms with Crippen LogP contribution in [0.5, 0.6) is 0 Å². The molecule has 1 aliphatic carbocycles. The largest absolute Gasteiger partial charge is 0.401 e. The Balaban J connectivity index is 2.02. The number of fused-ring (bicyclic) bond motifs is 1. The van der Waals surface area contributed by atoms with Crippen molar-refractivity contribution in [1.29, 1.82) is 0 Å². The average Bonchev–Trinajstić information content (AvgIpc) is 2.75. The van der Waals surface area contributed by atoms with E-state index in [0.717, 1.165) is 30.0 Å². The van der Waals surface area contributed by atoms with Crippen molar-refractivity contribution in [2.75, 3.05) is 19.7 Å². The lowest BCUT2D eigenvalue weighted by molar-refractivity contribution is -0.147. The molecule has 1 N–H and O–H groups in total. The Labute approximate surface area is 126 Å². The quantitative estimate of drug-likeness (QED) is 0.874. The van der Waals surface area contributed by atoms with Crippen LogP contribution in [0.2, 0.25) is 0 Å². The molecule has 1 atom stereocenters. The standard InChI is InChI=1S/C14H21F3N2OS/c1-10-3-4-11-12(7-10)21-13(18-11)8-19(5-2-6-20)9-14(15,16)17/h10,20H,2-9H2,1H3. The lowest BCUT2D eigenvalue weighted by atomic mass is 9.93. The topological polar surface area (TPSA) is 36.4 Å². The summed E-state index contributed by atoms with van der Waals surface area (Å²) in [4.78, 5) is 7.07. The van der Waals surface area contributed by atoms with Gasteiger partial charge < -0.3 is 5.11 Å². The summed E-state index contributed by atoms with van der Waals surface area (Å²) < 4.78 is 37.8. The first-order chi connectivity index (χ1) is 9.87. The lowest BCUT2D eigenvalue weighted by Gasteiger charge is -2.22. The molecule has 7 heteroatoms. The van der Waals surface area contributed by atoms with Gasteiger partial charge in [-0.15, -0.1) is 11.3 Å². The summed E-state index contributed by atoms with van der Waals surface area (Å²) >= 11 is 1.54. The van der Waals surface area contributed by atoms with E-state index in [4.69, 9.17) is 5.11 Å². The Morgan fingerprint density at radius 3 is 2.86 bits per heavy atom. The number of hydrogen-bond donors (Lipinski definition) is 1. The predicted octanol–water partition coefficient (Wildman–Crippen LogP) is 3.01. The molecule has 0 aromatic carbocycles. The Morgan fingerprint density at radius 2 is 2.19 bits per heavy atom. The number of nitrogens with zero attached hydrogens (tertiary/aromatic N) is 2. The normalized spacial score (nSPS) is 19.0. The molecule has 0 amide bonds. The maximum Gasteiger partial charge on any atom is 0.401 e. The average molecular weight is 322 g/mol. The molecular weight excluding hydrogens is 301 g/mol. The Bertz CT molecular complexity index is 462. The van der Waals surface area contributed by atoms with Crippen molar-refractivity contribution in [3.8, 4) is 0 Å². The maximum atomic E-state index is 12.6. The number of aliphatic hydroxyl groups is 1. The van der Waals surface area contributed by atoms with Crippen molar-refractivity contribution < 1.29 is 18.3 Å². The van der Waals surface area contributed by atoms with Gasteiger partial charge in [0.25, 0.3) is 0 Å². The van der Waals surface area contributed by atoms with Crippen LogP contribution in [0.1, 0.15) is 35.3 Å². The van der Waals surface area contributed by atoms with Crippen LogP contribution in [0.25, 0.3) is 0 Å². The first-order valence-electron chi connectivity index (χ1n) is 7.25. The fraction of sp³-hybridized carbons (Fsp3) is 0.786. The molecule has 0 fully saturated rings. The minimum atomic E-state index is -4.22. The molecular formula is C14H21F3N2OS. The van der Waals surface area contributed by atoms with E-state index in [1.165, 1.54) is 9.78 Å². The van der Waals surface area contributed by atoms with E-state index in [-0.39, 0.29) is 19.7 Å². The number of halogens is 3.